The predicted molar refractivity (Wildman–Crippen MR) is 95.0 cm³/mol. The molecule has 5 atom stereocenters. The molecule has 0 spiro atoms. The molecule has 1 aliphatic heterocycles. The summed E-state index contributed by atoms with van der Waals surface area (Å²) in [6.45, 7) is 1.20. The molecular weight excluding hydrogens is 430 g/mol. The number of carbonyl (C=O) groups is 3. The fourth-order valence-corrected chi connectivity index (χ4v) is 2.84. The number of hydrogen-bond acceptors (Lipinski definition) is 7. The van der Waals surface area contributed by atoms with Gasteiger partial charge in [-0.1, -0.05) is 30.3 Å². The molecule has 172 valence electrons. The van der Waals surface area contributed by atoms with Crippen LogP contribution in [0.5, 0.6) is 0 Å². The van der Waals surface area contributed by atoms with Gasteiger partial charge in [-0.25, -0.2) is 4.39 Å². The minimum Gasteiger partial charge on any atom is -0.463 e. The van der Waals surface area contributed by atoms with Crippen LogP contribution in [0.25, 0.3) is 0 Å². The van der Waals surface area contributed by atoms with Crippen LogP contribution in [0, 0.1) is 0 Å². The van der Waals surface area contributed by atoms with Gasteiger partial charge in [-0.2, -0.15) is 13.2 Å². The first-order valence-corrected chi connectivity index (χ1v) is 9.12. The molecule has 12 heteroatoms. The van der Waals surface area contributed by atoms with Crippen molar-refractivity contribution in [3.05, 3.63) is 35.9 Å². The van der Waals surface area contributed by atoms with E-state index in [0.717, 1.165) is 13.8 Å². The van der Waals surface area contributed by atoms with Gasteiger partial charge in [-0.05, 0) is 5.56 Å². The Balaban J connectivity index is 2.30. The lowest BCUT2D eigenvalue weighted by atomic mass is 9.97. The number of benzene rings is 1. The number of ether oxygens (including phenoxy) is 4. The van der Waals surface area contributed by atoms with Gasteiger partial charge in [0.2, 0.25) is 0 Å². The van der Waals surface area contributed by atoms with E-state index < -0.39 is 61.3 Å². The molecule has 8 nitrogen and oxygen atoms in total. The summed E-state index contributed by atoms with van der Waals surface area (Å²) in [6, 6.07) is 6.59. The maximum atomic E-state index is 15.0. The Labute approximate surface area is 174 Å². The molecule has 0 aliphatic carbocycles. The van der Waals surface area contributed by atoms with Crippen molar-refractivity contribution in [1.82, 2.24) is 5.32 Å². The van der Waals surface area contributed by atoms with Gasteiger partial charge in [0, 0.05) is 13.8 Å². The number of rotatable bonds is 7. The van der Waals surface area contributed by atoms with Crippen LogP contribution < -0.4 is 5.32 Å². The van der Waals surface area contributed by atoms with E-state index in [1.165, 1.54) is 0 Å². The quantitative estimate of drug-likeness (QED) is 0.499. The Bertz CT molecular complexity index is 774. The Morgan fingerprint density at radius 3 is 2.29 bits per heavy atom. The molecule has 1 aromatic carbocycles. The minimum atomic E-state index is -5.29. The average molecular weight is 451 g/mol. The van der Waals surface area contributed by atoms with Crippen LogP contribution in [0.2, 0.25) is 0 Å². The maximum Gasteiger partial charge on any atom is 0.471 e. The van der Waals surface area contributed by atoms with Crippen molar-refractivity contribution in [1.29, 1.82) is 0 Å². The van der Waals surface area contributed by atoms with Gasteiger partial charge < -0.3 is 24.3 Å². The molecular formula is C19H21F4NO7. The summed E-state index contributed by atoms with van der Waals surface area (Å²) in [5.74, 6) is -4.15. The lowest BCUT2D eigenvalue weighted by Gasteiger charge is -2.42. The second-order valence-corrected chi connectivity index (χ2v) is 6.66. The Hall–Kier alpha value is -2.73. The summed E-state index contributed by atoms with van der Waals surface area (Å²) >= 11 is 0. The number of nitrogens with one attached hydrogen (secondary N) is 1. The number of halogens is 4. The van der Waals surface area contributed by atoms with E-state index in [2.05, 4.69) is 0 Å². The second-order valence-electron chi connectivity index (χ2n) is 6.66. The smallest absolute Gasteiger partial charge is 0.463 e. The molecule has 1 N–H and O–H groups in total. The van der Waals surface area contributed by atoms with Crippen molar-refractivity contribution in [2.75, 3.05) is 6.61 Å². The highest BCUT2D eigenvalue weighted by Crippen LogP contribution is 2.29. The van der Waals surface area contributed by atoms with Crippen LogP contribution in [-0.2, 0) is 39.9 Å². The molecule has 2 rings (SSSR count). The molecule has 1 heterocycles. The van der Waals surface area contributed by atoms with Gasteiger partial charge in [0.05, 0.1) is 6.61 Å². The number of esters is 2. The lowest BCUT2D eigenvalue weighted by molar-refractivity contribution is -0.268. The molecule has 0 bridgehead atoms. The SMILES string of the molecule is CC(=O)OC[C@H]1O[C@H](OCc2ccccc2)[C@H](NC(=O)C(F)(F)F)[C@@H](OC(C)=O)[C@@H]1F. The Morgan fingerprint density at radius 2 is 1.74 bits per heavy atom. The highest BCUT2D eigenvalue weighted by atomic mass is 19.4. The molecule has 0 radical (unpaired) electrons. The highest BCUT2D eigenvalue weighted by Gasteiger charge is 2.52. The van der Waals surface area contributed by atoms with Crippen molar-refractivity contribution in [2.24, 2.45) is 0 Å². The molecule has 0 unspecified atom stereocenters. The predicted octanol–water partition coefficient (Wildman–Crippen LogP) is 1.81. The first-order chi connectivity index (χ1) is 14.5. The van der Waals surface area contributed by atoms with Crippen LogP contribution in [-0.4, -0.2) is 61.3 Å². The first-order valence-electron chi connectivity index (χ1n) is 9.12. The number of amides is 1. The molecule has 1 aliphatic rings. The van der Waals surface area contributed by atoms with Gasteiger partial charge >= 0.3 is 24.0 Å². The van der Waals surface area contributed by atoms with E-state index >= 15 is 0 Å². The van der Waals surface area contributed by atoms with Crippen LogP contribution in [0.15, 0.2) is 30.3 Å². The molecule has 1 aromatic rings. The average Bonchev–Trinajstić information content (AvgIpc) is 2.68. The summed E-state index contributed by atoms with van der Waals surface area (Å²) < 4.78 is 73.8. The molecule has 31 heavy (non-hydrogen) atoms. The first kappa shape index (κ1) is 24.5. The number of carbonyl (C=O) groups excluding carboxylic acids is 3. The lowest BCUT2D eigenvalue weighted by Crippen LogP contribution is -2.65. The number of alkyl halides is 4. The monoisotopic (exact) mass is 451 g/mol. The van der Waals surface area contributed by atoms with Crippen LogP contribution in [0.1, 0.15) is 19.4 Å². The summed E-state index contributed by atoms with van der Waals surface area (Å²) in [6.07, 6.45) is -12.6. The zero-order valence-electron chi connectivity index (χ0n) is 16.6. The van der Waals surface area contributed by atoms with Crippen LogP contribution >= 0.6 is 0 Å². The fraction of sp³-hybridized carbons (Fsp3) is 0.526. The van der Waals surface area contributed by atoms with Gasteiger partial charge in [0.15, 0.2) is 18.6 Å². The van der Waals surface area contributed by atoms with Gasteiger partial charge in [-0.3, -0.25) is 14.4 Å². The topological polar surface area (TPSA) is 100 Å². The minimum absolute atomic E-state index is 0.173. The summed E-state index contributed by atoms with van der Waals surface area (Å²) in [5, 5.41) is 1.58. The summed E-state index contributed by atoms with van der Waals surface area (Å²) in [5.41, 5.74) is 0.606. The summed E-state index contributed by atoms with van der Waals surface area (Å²) in [7, 11) is 0. The summed E-state index contributed by atoms with van der Waals surface area (Å²) in [4.78, 5) is 34.0. The normalized spacial score (nSPS) is 26.1. The Morgan fingerprint density at radius 1 is 1.10 bits per heavy atom. The third-order valence-electron chi connectivity index (χ3n) is 4.19. The third kappa shape index (κ3) is 7.17. The maximum absolute atomic E-state index is 15.0. The van der Waals surface area contributed by atoms with Crippen molar-refractivity contribution in [3.63, 3.8) is 0 Å². The standard InChI is InChI=1S/C19H21F4NO7/c1-10(25)28-9-13-14(20)16(30-11(2)26)15(24-18(27)19(21,22)23)17(31-13)29-8-12-6-4-3-5-7-12/h3-7,13-17H,8-9H2,1-2H3,(H,24,27)/t13-,14-,15-,16+,17+/m1/s1. The van der Waals surface area contributed by atoms with Crippen LogP contribution in [0.4, 0.5) is 17.6 Å². The van der Waals surface area contributed by atoms with Gasteiger partial charge in [0.25, 0.3) is 0 Å². The zero-order valence-corrected chi connectivity index (χ0v) is 16.6. The second kappa shape index (κ2) is 10.5. The molecule has 1 saturated heterocycles. The van der Waals surface area contributed by atoms with E-state index in [0.29, 0.717) is 5.56 Å². The molecule has 1 amide bonds. The van der Waals surface area contributed by atoms with E-state index in [-0.39, 0.29) is 6.61 Å². The number of hydrogen-bond donors (Lipinski definition) is 1. The molecule has 1 fully saturated rings. The van der Waals surface area contributed by atoms with Crippen molar-refractivity contribution in [2.45, 2.75) is 57.3 Å². The van der Waals surface area contributed by atoms with E-state index in [9.17, 15) is 31.9 Å². The Kier molecular flexibility index (Phi) is 8.34. The fourth-order valence-electron chi connectivity index (χ4n) is 2.84. The van der Waals surface area contributed by atoms with Gasteiger partial charge in [-0.15, -0.1) is 0 Å². The van der Waals surface area contributed by atoms with E-state index in [1.54, 1.807) is 35.6 Å². The largest absolute Gasteiger partial charge is 0.471 e. The van der Waals surface area contributed by atoms with E-state index in [1.807, 2.05) is 0 Å². The molecule has 0 aromatic heterocycles. The third-order valence-corrected chi connectivity index (χ3v) is 4.19. The van der Waals surface area contributed by atoms with Crippen molar-refractivity contribution in [3.8, 4) is 0 Å². The van der Waals surface area contributed by atoms with Crippen molar-refractivity contribution >= 4 is 17.8 Å². The highest BCUT2D eigenvalue weighted by molar-refractivity contribution is 5.82. The zero-order chi connectivity index (χ0) is 23.2. The van der Waals surface area contributed by atoms with Crippen molar-refractivity contribution < 1.29 is 50.9 Å². The van der Waals surface area contributed by atoms with E-state index in [4.69, 9.17) is 18.9 Å². The van der Waals surface area contributed by atoms with Gasteiger partial charge in [0.1, 0.15) is 18.8 Å². The molecule has 0 saturated carbocycles. The van der Waals surface area contributed by atoms with Crippen LogP contribution in [0.3, 0.4) is 0 Å².